The van der Waals surface area contributed by atoms with Gasteiger partial charge in [0.15, 0.2) is 0 Å². The molecule has 1 aromatic heterocycles. The van der Waals surface area contributed by atoms with Crippen LogP contribution >= 0.6 is 0 Å². The van der Waals surface area contributed by atoms with Gasteiger partial charge in [-0.25, -0.2) is 4.98 Å². The fraction of sp³-hybridized carbons (Fsp3) is 0.167. The standard InChI is InChI=1S/C18H16N2O3/c1-13-5-4-6-14(11-13)23-17(21)9-10-20-12-19-16-8-3-2-7-15(16)18(20)22/h2-8,11-12H,9-10H2,1H3. The fourth-order valence-corrected chi connectivity index (χ4v) is 2.34. The number of carbonyl (C=O) groups is 1. The Morgan fingerprint density at radius 1 is 1.17 bits per heavy atom. The number of fused-ring (bicyclic) bond motifs is 1. The van der Waals surface area contributed by atoms with Crippen molar-refractivity contribution in [2.45, 2.75) is 19.9 Å². The van der Waals surface area contributed by atoms with Gasteiger partial charge in [-0.2, -0.15) is 0 Å². The maximum Gasteiger partial charge on any atom is 0.312 e. The average molecular weight is 308 g/mol. The van der Waals surface area contributed by atoms with Crippen LogP contribution < -0.4 is 10.3 Å². The average Bonchev–Trinajstić information content (AvgIpc) is 2.54. The Morgan fingerprint density at radius 3 is 2.83 bits per heavy atom. The van der Waals surface area contributed by atoms with Gasteiger partial charge < -0.3 is 4.74 Å². The summed E-state index contributed by atoms with van der Waals surface area (Å²) in [6.07, 6.45) is 1.57. The van der Waals surface area contributed by atoms with Crippen LogP contribution in [0.15, 0.2) is 59.7 Å². The van der Waals surface area contributed by atoms with Crippen LogP contribution in [0.4, 0.5) is 0 Å². The molecule has 0 unspecified atom stereocenters. The summed E-state index contributed by atoms with van der Waals surface area (Å²) in [5, 5.41) is 0.544. The first-order valence-electron chi connectivity index (χ1n) is 7.35. The van der Waals surface area contributed by atoms with Crippen molar-refractivity contribution < 1.29 is 9.53 Å². The predicted octanol–water partition coefficient (Wildman–Crippen LogP) is 2.70. The minimum absolute atomic E-state index is 0.105. The van der Waals surface area contributed by atoms with E-state index in [0.29, 0.717) is 16.7 Å². The van der Waals surface area contributed by atoms with Gasteiger partial charge in [0.05, 0.1) is 23.7 Å². The van der Waals surface area contributed by atoms with E-state index in [1.54, 1.807) is 30.3 Å². The van der Waals surface area contributed by atoms with Gasteiger partial charge in [0.2, 0.25) is 0 Å². The lowest BCUT2D eigenvalue weighted by Gasteiger charge is -2.07. The molecule has 0 amide bonds. The fourth-order valence-electron chi connectivity index (χ4n) is 2.34. The molecule has 0 aliphatic carbocycles. The Kier molecular flexibility index (Phi) is 4.19. The van der Waals surface area contributed by atoms with Crippen LogP contribution in [0.2, 0.25) is 0 Å². The van der Waals surface area contributed by atoms with Crippen LogP contribution in [0.25, 0.3) is 10.9 Å². The summed E-state index contributed by atoms with van der Waals surface area (Å²) in [4.78, 5) is 28.5. The molecule has 5 heteroatoms. The number of aryl methyl sites for hydroxylation is 2. The zero-order valence-corrected chi connectivity index (χ0v) is 12.7. The van der Waals surface area contributed by atoms with Crippen LogP contribution in [-0.4, -0.2) is 15.5 Å². The first-order chi connectivity index (χ1) is 11.1. The normalized spacial score (nSPS) is 10.7. The highest BCUT2D eigenvalue weighted by atomic mass is 16.5. The third-order valence-electron chi connectivity index (χ3n) is 3.51. The number of ether oxygens (including phenoxy) is 1. The minimum Gasteiger partial charge on any atom is -0.426 e. The van der Waals surface area contributed by atoms with Crippen LogP contribution in [-0.2, 0) is 11.3 Å². The molecule has 0 saturated carbocycles. The first-order valence-corrected chi connectivity index (χ1v) is 7.35. The molecule has 0 aliphatic heterocycles. The lowest BCUT2D eigenvalue weighted by atomic mass is 10.2. The molecule has 0 atom stereocenters. The number of aromatic nitrogens is 2. The molecule has 0 N–H and O–H groups in total. The number of carbonyl (C=O) groups excluding carboxylic acids is 1. The molecule has 1 heterocycles. The monoisotopic (exact) mass is 308 g/mol. The third kappa shape index (κ3) is 3.45. The van der Waals surface area contributed by atoms with Crippen molar-refractivity contribution in [3.05, 3.63) is 70.8 Å². The van der Waals surface area contributed by atoms with Gasteiger partial charge in [0.1, 0.15) is 5.75 Å². The van der Waals surface area contributed by atoms with E-state index in [0.717, 1.165) is 5.56 Å². The van der Waals surface area contributed by atoms with Crippen LogP contribution in [0, 0.1) is 6.92 Å². The second-order valence-corrected chi connectivity index (χ2v) is 5.30. The zero-order chi connectivity index (χ0) is 16.2. The number of rotatable bonds is 4. The maximum atomic E-state index is 12.3. The lowest BCUT2D eigenvalue weighted by molar-refractivity contribution is -0.134. The van der Waals surface area contributed by atoms with Crippen molar-refractivity contribution in [1.29, 1.82) is 0 Å². The van der Waals surface area contributed by atoms with E-state index in [1.807, 2.05) is 25.1 Å². The molecule has 5 nitrogen and oxygen atoms in total. The molecule has 0 fully saturated rings. The summed E-state index contributed by atoms with van der Waals surface area (Å²) >= 11 is 0. The Hall–Kier alpha value is -2.95. The topological polar surface area (TPSA) is 61.2 Å². The second kappa shape index (κ2) is 6.44. The molecule has 3 aromatic rings. The van der Waals surface area contributed by atoms with Crippen molar-refractivity contribution in [2.75, 3.05) is 0 Å². The molecule has 0 radical (unpaired) electrons. The summed E-state index contributed by atoms with van der Waals surface area (Å²) < 4.78 is 6.70. The molecule has 3 rings (SSSR count). The minimum atomic E-state index is -0.379. The number of benzene rings is 2. The molecule has 116 valence electrons. The first kappa shape index (κ1) is 15.0. The van der Waals surface area contributed by atoms with E-state index in [4.69, 9.17) is 4.74 Å². The van der Waals surface area contributed by atoms with E-state index in [1.165, 1.54) is 10.9 Å². The van der Waals surface area contributed by atoms with Crippen molar-refractivity contribution >= 4 is 16.9 Å². The number of esters is 1. The van der Waals surface area contributed by atoms with Crippen LogP contribution in [0.5, 0.6) is 5.75 Å². The molecule has 0 saturated heterocycles. The predicted molar refractivity (Wildman–Crippen MR) is 87.4 cm³/mol. The van der Waals surface area contributed by atoms with E-state index < -0.39 is 0 Å². The summed E-state index contributed by atoms with van der Waals surface area (Å²) in [5.74, 6) is 0.134. The number of hydrogen-bond acceptors (Lipinski definition) is 4. The molecule has 23 heavy (non-hydrogen) atoms. The molecular weight excluding hydrogens is 292 g/mol. The zero-order valence-electron chi connectivity index (χ0n) is 12.7. The van der Waals surface area contributed by atoms with Gasteiger partial charge in [-0.1, -0.05) is 24.3 Å². The Bertz CT molecular complexity index is 915. The third-order valence-corrected chi connectivity index (χ3v) is 3.51. The van der Waals surface area contributed by atoms with Crippen molar-refractivity contribution in [3.8, 4) is 5.75 Å². The van der Waals surface area contributed by atoms with E-state index in [-0.39, 0.29) is 24.5 Å². The molecule has 2 aromatic carbocycles. The van der Waals surface area contributed by atoms with Crippen LogP contribution in [0.1, 0.15) is 12.0 Å². The van der Waals surface area contributed by atoms with Crippen LogP contribution in [0.3, 0.4) is 0 Å². The highest BCUT2D eigenvalue weighted by molar-refractivity contribution is 5.77. The number of para-hydroxylation sites is 1. The van der Waals surface area contributed by atoms with Gasteiger partial charge in [-0.15, -0.1) is 0 Å². The summed E-state index contributed by atoms with van der Waals surface area (Å²) in [6.45, 7) is 2.17. The van der Waals surface area contributed by atoms with Gasteiger partial charge in [0.25, 0.3) is 5.56 Å². The van der Waals surface area contributed by atoms with Crippen molar-refractivity contribution in [3.63, 3.8) is 0 Å². The Morgan fingerprint density at radius 2 is 2.00 bits per heavy atom. The number of hydrogen-bond donors (Lipinski definition) is 0. The van der Waals surface area contributed by atoms with E-state index in [2.05, 4.69) is 4.98 Å². The molecular formula is C18H16N2O3. The molecule has 0 aliphatic rings. The Balaban J connectivity index is 1.70. The van der Waals surface area contributed by atoms with E-state index >= 15 is 0 Å². The highest BCUT2D eigenvalue weighted by Gasteiger charge is 2.08. The van der Waals surface area contributed by atoms with Gasteiger partial charge >= 0.3 is 5.97 Å². The maximum absolute atomic E-state index is 12.3. The summed E-state index contributed by atoms with van der Waals surface area (Å²) in [6, 6.07) is 14.4. The van der Waals surface area contributed by atoms with Crippen molar-refractivity contribution in [2.24, 2.45) is 0 Å². The highest BCUT2D eigenvalue weighted by Crippen LogP contribution is 2.13. The smallest absolute Gasteiger partial charge is 0.312 e. The van der Waals surface area contributed by atoms with Gasteiger partial charge in [-0.3, -0.25) is 14.2 Å². The SMILES string of the molecule is Cc1cccc(OC(=O)CCn2cnc3ccccc3c2=O)c1. The quantitative estimate of drug-likeness (QED) is 0.549. The summed E-state index contributed by atoms with van der Waals surface area (Å²) in [5.41, 5.74) is 1.51. The largest absolute Gasteiger partial charge is 0.426 e. The Labute approximate surface area is 133 Å². The number of nitrogens with zero attached hydrogens (tertiary/aromatic N) is 2. The van der Waals surface area contributed by atoms with Gasteiger partial charge in [-0.05, 0) is 36.8 Å². The lowest BCUT2D eigenvalue weighted by Crippen LogP contribution is -2.23. The van der Waals surface area contributed by atoms with E-state index in [9.17, 15) is 9.59 Å². The molecule has 0 bridgehead atoms. The van der Waals surface area contributed by atoms with Gasteiger partial charge in [0, 0.05) is 6.54 Å². The molecule has 0 spiro atoms. The van der Waals surface area contributed by atoms with Crippen molar-refractivity contribution in [1.82, 2.24) is 9.55 Å². The summed E-state index contributed by atoms with van der Waals surface area (Å²) in [7, 11) is 0. The second-order valence-electron chi connectivity index (χ2n) is 5.30.